The molecular formula is C8H8BrN3. The first kappa shape index (κ1) is 7.61. The lowest BCUT2D eigenvalue weighted by molar-refractivity contribution is 1.07. The van der Waals surface area contributed by atoms with Crippen molar-refractivity contribution in [2.24, 2.45) is 0 Å². The van der Waals surface area contributed by atoms with Crippen molar-refractivity contribution in [2.75, 3.05) is 5.73 Å². The summed E-state index contributed by atoms with van der Waals surface area (Å²) in [6, 6.07) is 3.74. The lowest BCUT2D eigenvalue weighted by atomic mass is 10.2. The van der Waals surface area contributed by atoms with Crippen LogP contribution in [-0.2, 0) is 0 Å². The van der Waals surface area contributed by atoms with Crippen molar-refractivity contribution in [2.45, 2.75) is 6.92 Å². The van der Waals surface area contributed by atoms with E-state index in [1.165, 1.54) is 0 Å². The number of aryl methyl sites for hydroxylation is 1. The van der Waals surface area contributed by atoms with Crippen molar-refractivity contribution in [3.63, 3.8) is 0 Å². The second kappa shape index (κ2) is 2.48. The molecule has 1 aromatic carbocycles. The van der Waals surface area contributed by atoms with Gasteiger partial charge in [-0.15, -0.1) is 0 Å². The number of aromatic amines is 1. The zero-order valence-electron chi connectivity index (χ0n) is 6.56. The van der Waals surface area contributed by atoms with Gasteiger partial charge >= 0.3 is 0 Å². The summed E-state index contributed by atoms with van der Waals surface area (Å²) in [5.41, 5.74) is 8.44. The van der Waals surface area contributed by atoms with Crippen LogP contribution in [0, 0.1) is 6.92 Å². The molecule has 12 heavy (non-hydrogen) atoms. The predicted molar refractivity (Wildman–Crippen MR) is 52.9 cm³/mol. The molecule has 0 bridgehead atoms. The third-order valence-electron chi connectivity index (χ3n) is 1.87. The number of anilines is 1. The lowest BCUT2D eigenvalue weighted by Gasteiger charge is -1.98. The first-order valence-electron chi connectivity index (χ1n) is 3.59. The first-order chi connectivity index (χ1) is 5.70. The second-order valence-electron chi connectivity index (χ2n) is 2.71. The number of H-pyrrole nitrogens is 1. The molecule has 0 spiro atoms. The van der Waals surface area contributed by atoms with Gasteiger partial charge in [0.15, 0.2) is 0 Å². The van der Waals surface area contributed by atoms with E-state index in [2.05, 4.69) is 26.1 Å². The molecule has 62 valence electrons. The monoisotopic (exact) mass is 225 g/mol. The van der Waals surface area contributed by atoms with Crippen LogP contribution in [0.25, 0.3) is 10.9 Å². The van der Waals surface area contributed by atoms with Gasteiger partial charge in [0.2, 0.25) is 0 Å². The van der Waals surface area contributed by atoms with E-state index in [-0.39, 0.29) is 0 Å². The van der Waals surface area contributed by atoms with Crippen molar-refractivity contribution >= 4 is 32.5 Å². The van der Waals surface area contributed by atoms with Gasteiger partial charge in [-0.3, -0.25) is 5.10 Å². The topological polar surface area (TPSA) is 54.7 Å². The molecule has 0 saturated carbocycles. The minimum absolute atomic E-state index is 0.743. The molecule has 1 aromatic heterocycles. The molecule has 4 heteroatoms. The van der Waals surface area contributed by atoms with Gasteiger partial charge in [-0.2, -0.15) is 5.10 Å². The Labute approximate surface area is 78.1 Å². The Balaban J connectivity index is 2.96. The Morgan fingerprint density at radius 2 is 2.25 bits per heavy atom. The molecule has 0 radical (unpaired) electrons. The molecule has 0 atom stereocenters. The van der Waals surface area contributed by atoms with Crippen molar-refractivity contribution in [1.29, 1.82) is 0 Å². The molecule has 0 fully saturated rings. The summed E-state index contributed by atoms with van der Waals surface area (Å²) in [7, 11) is 0. The highest BCUT2D eigenvalue weighted by Gasteiger charge is 2.06. The molecule has 0 aliphatic rings. The fourth-order valence-corrected chi connectivity index (χ4v) is 1.86. The highest BCUT2D eigenvalue weighted by molar-refractivity contribution is 9.10. The fraction of sp³-hybridized carbons (Fsp3) is 0.125. The van der Waals surface area contributed by atoms with Crippen LogP contribution in [0.15, 0.2) is 16.6 Å². The van der Waals surface area contributed by atoms with Crippen molar-refractivity contribution in [1.82, 2.24) is 10.2 Å². The summed E-state index contributed by atoms with van der Waals surface area (Å²) in [5.74, 6) is 0. The minimum Gasteiger partial charge on any atom is -0.398 e. The number of fused-ring (bicyclic) bond motifs is 1. The van der Waals surface area contributed by atoms with E-state index in [9.17, 15) is 0 Å². The lowest BCUT2D eigenvalue weighted by Crippen LogP contribution is -1.86. The third kappa shape index (κ3) is 0.914. The molecule has 0 aliphatic carbocycles. The zero-order valence-corrected chi connectivity index (χ0v) is 8.14. The van der Waals surface area contributed by atoms with E-state index >= 15 is 0 Å². The number of halogens is 1. The first-order valence-corrected chi connectivity index (χ1v) is 4.38. The Bertz CT molecular complexity index is 433. The zero-order chi connectivity index (χ0) is 8.72. The minimum atomic E-state index is 0.743. The van der Waals surface area contributed by atoms with E-state index in [1.807, 2.05) is 19.1 Å². The van der Waals surface area contributed by atoms with Crippen LogP contribution in [0.4, 0.5) is 5.69 Å². The Morgan fingerprint density at radius 1 is 1.50 bits per heavy atom. The standard InChI is InChI=1S/C8H8BrN3/c1-4-7-6(12-11-4)3-2-5(10)8(7)9/h2-3H,10H2,1H3,(H,11,12). The molecule has 3 N–H and O–H groups in total. The summed E-state index contributed by atoms with van der Waals surface area (Å²) in [6.07, 6.45) is 0. The van der Waals surface area contributed by atoms with Crippen LogP contribution in [0.3, 0.4) is 0 Å². The van der Waals surface area contributed by atoms with Gasteiger partial charge in [0, 0.05) is 16.8 Å². The maximum atomic E-state index is 5.73. The maximum Gasteiger partial charge on any atom is 0.0936 e. The van der Waals surface area contributed by atoms with Gasteiger partial charge in [0.25, 0.3) is 0 Å². The summed E-state index contributed by atoms with van der Waals surface area (Å²) in [4.78, 5) is 0. The highest BCUT2D eigenvalue weighted by atomic mass is 79.9. The van der Waals surface area contributed by atoms with Crippen LogP contribution >= 0.6 is 15.9 Å². The number of nitrogens with one attached hydrogen (secondary N) is 1. The average molecular weight is 226 g/mol. The normalized spacial score (nSPS) is 10.8. The smallest absolute Gasteiger partial charge is 0.0936 e. The van der Waals surface area contributed by atoms with Crippen LogP contribution in [0.2, 0.25) is 0 Å². The largest absolute Gasteiger partial charge is 0.398 e. The summed E-state index contributed by atoms with van der Waals surface area (Å²) >= 11 is 3.43. The molecule has 0 saturated heterocycles. The number of hydrogen-bond acceptors (Lipinski definition) is 2. The number of hydrogen-bond donors (Lipinski definition) is 2. The van der Waals surface area contributed by atoms with E-state index < -0.39 is 0 Å². The molecule has 0 aliphatic heterocycles. The predicted octanol–water partition coefficient (Wildman–Crippen LogP) is 2.22. The van der Waals surface area contributed by atoms with E-state index in [1.54, 1.807) is 0 Å². The number of nitrogen functional groups attached to an aromatic ring is 1. The van der Waals surface area contributed by atoms with E-state index in [0.717, 1.165) is 26.8 Å². The Morgan fingerprint density at radius 3 is 3.00 bits per heavy atom. The molecule has 2 rings (SSSR count). The quantitative estimate of drug-likeness (QED) is 0.676. The van der Waals surface area contributed by atoms with Gasteiger partial charge in [-0.25, -0.2) is 0 Å². The van der Waals surface area contributed by atoms with Gasteiger partial charge in [-0.05, 0) is 35.0 Å². The number of benzene rings is 1. The van der Waals surface area contributed by atoms with Gasteiger partial charge in [0.1, 0.15) is 0 Å². The molecule has 1 heterocycles. The van der Waals surface area contributed by atoms with Crippen LogP contribution < -0.4 is 5.73 Å². The van der Waals surface area contributed by atoms with Gasteiger partial charge < -0.3 is 5.73 Å². The van der Waals surface area contributed by atoms with Crippen molar-refractivity contribution in [3.8, 4) is 0 Å². The Kier molecular flexibility index (Phi) is 1.58. The summed E-state index contributed by atoms with van der Waals surface area (Å²) < 4.78 is 0.922. The van der Waals surface area contributed by atoms with E-state index in [4.69, 9.17) is 5.73 Å². The average Bonchev–Trinajstić information content (AvgIpc) is 2.41. The molecule has 0 amide bonds. The van der Waals surface area contributed by atoms with E-state index in [0.29, 0.717) is 0 Å². The second-order valence-corrected chi connectivity index (χ2v) is 3.50. The molecule has 0 unspecified atom stereocenters. The highest BCUT2D eigenvalue weighted by Crippen LogP contribution is 2.30. The molecule has 3 nitrogen and oxygen atoms in total. The number of nitrogens with two attached hydrogens (primary N) is 1. The van der Waals surface area contributed by atoms with Crippen LogP contribution in [-0.4, -0.2) is 10.2 Å². The van der Waals surface area contributed by atoms with Crippen LogP contribution in [0.1, 0.15) is 5.69 Å². The van der Waals surface area contributed by atoms with Gasteiger partial charge in [0.05, 0.1) is 9.99 Å². The summed E-state index contributed by atoms with van der Waals surface area (Å²) in [5, 5.41) is 8.08. The Hall–Kier alpha value is -1.03. The molecule has 2 aromatic rings. The van der Waals surface area contributed by atoms with Crippen LogP contribution in [0.5, 0.6) is 0 Å². The van der Waals surface area contributed by atoms with Gasteiger partial charge in [-0.1, -0.05) is 0 Å². The van der Waals surface area contributed by atoms with Crippen molar-refractivity contribution < 1.29 is 0 Å². The SMILES string of the molecule is Cc1[nH]nc2ccc(N)c(Br)c12. The maximum absolute atomic E-state index is 5.73. The number of aromatic nitrogens is 2. The van der Waals surface area contributed by atoms with Crippen molar-refractivity contribution in [3.05, 3.63) is 22.3 Å². The third-order valence-corrected chi connectivity index (χ3v) is 2.72. The number of nitrogens with zero attached hydrogens (tertiary/aromatic N) is 1. The number of rotatable bonds is 0. The molecular weight excluding hydrogens is 218 g/mol. The fourth-order valence-electron chi connectivity index (χ4n) is 1.23. The summed E-state index contributed by atoms with van der Waals surface area (Å²) in [6.45, 7) is 1.97.